The predicted molar refractivity (Wildman–Crippen MR) is 80.9 cm³/mol. The van der Waals surface area contributed by atoms with E-state index in [2.05, 4.69) is 31.1 Å². The maximum absolute atomic E-state index is 5.50. The zero-order valence-corrected chi connectivity index (χ0v) is 13.3. The molecular formula is C16H28N2O. The van der Waals surface area contributed by atoms with Gasteiger partial charge in [0.2, 0.25) is 0 Å². The van der Waals surface area contributed by atoms with Gasteiger partial charge in [-0.1, -0.05) is 20.3 Å². The van der Waals surface area contributed by atoms with Gasteiger partial charge in [0.05, 0.1) is 7.11 Å². The van der Waals surface area contributed by atoms with Crippen molar-refractivity contribution in [2.75, 3.05) is 20.7 Å². The molecular weight excluding hydrogens is 236 g/mol. The summed E-state index contributed by atoms with van der Waals surface area (Å²) in [5, 5.41) is 3.31. The van der Waals surface area contributed by atoms with Gasteiger partial charge in [0, 0.05) is 29.6 Å². The lowest BCUT2D eigenvalue weighted by atomic mass is 9.80. The van der Waals surface area contributed by atoms with E-state index in [1.54, 1.807) is 7.11 Å². The molecule has 1 N–H and O–H groups in total. The van der Waals surface area contributed by atoms with Gasteiger partial charge in [-0.3, -0.25) is 4.98 Å². The van der Waals surface area contributed by atoms with Crippen LogP contribution in [0, 0.1) is 19.3 Å². The monoisotopic (exact) mass is 264 g/mol. The lowest BCUT2D eigenvalue weighted by molar-refractivity contribution is 0.279. The van der Waals surface area contributed by atoms with E-state index in [0.29, 0.717) is 0 Å². The Bertz CT molecular complexity index is 409. The fourth-order valence-corrected chi connectivity index (χ4v) is 2.92. The standard InChI is InChI=1S/C16H28N2O/c1-7-8-16(4,11-17-5)9-14-13(3)15(19-6)12(2)10-18-14/h10,17H,7-9,11H2,1-6H3. The molecule has 0 aliphatic rings. The van der Waals surface area contributed by atoms with Gasteiger partial charge in [-0.2, -0.15) is 0 Å². The molecule has 0 aliphatic heterocycles. The van der Waals surface area contributed by atoms with Gasteiger partial charge >= 0.3 is 0 Å². The Hall–Kier alpha value is -1.09. The first-order valence-electron chi connectivity index (χ1n) is 7.11. The molecule has 1 rings (SSSR count). The molecule has 0 spiro atoms. The molecule has 1 unspecified atom stereocenters. The Morgan fingerprint density at radius 2 is 2.05 bits per heavy atom. The van der Waals surface area contributed by atoms with E-state index in [4.69, 9.17) is 4.74 Å². The van der Waals surface area contributed by atoms with Crippen molar-refractivity contribution in [1.29, 1.82) is 0 Å². The zero-order chi connectivity index (χ0) is 14.5. The second-order valence-corrected chi connectivity index (χ2v) is 5.81. The van der Waals surface area contributed by atoms with E-state index in [-0.39, 0.29) is 5.41 Å². The third-order valence-corrected chi connectivity index (χ3v) is 3.80. The number of nitrogens with zero attached hydrogens (tertiary/aromatic N) is 1. The highest BCUT2D eigenvalue weighted by atomic mass is 16.5. The van der Waals surface area contributed by atoms with Gasteiger partial charge < -0.3 is 10.1 Å². The molecule has 3 heteroatoms. The molecule has 0 saturated carbocycles. The maximum Gasteiger partial charge on any atom is 0.128 e. The van der Waals surface area contributed by atoms with Crippen LogP contribution in [0.4, 0.5) is 0 Å². The molecule has 0 saturated heterocycles. The SMILES string of the molecule is CCCC(C)(CNC)Cc1ncc(C)c(OC)c1C. The van der Waals surface area contributed by atoms with Crippen LogP contribution in [0.5, 0.6) is 5.75 Å². The summed E-state index contributed by atoms with van der Waals surface area (Å²) in [6.45, 7) is 9.74. The highest BCUT2D eigenvalue weighted by Gasteiger charge is 2.25. The zero-order valence-electron chi connectivity index (χ0n) is 13.3. The lowest BCUT2D eigenvalue weighted by Gasteiger charge is -2.29. The number of nitrogens with one attached hydrogen (secondary N) is 1. The minimum absolute atomic E-state index is 0.252. The van der Waals surface area contributed by atoms with Gasteiger partial charge in [0.1, 0.15) is 5.75 Å². The van der Waals surface area contributed by atoms with Crippen LogP contribution in [0.15, 0.2) is 6.20 Å². The summed E-state index contributed by atoms with van der Waals surface area (Å²) in [7, 11) is 3.75. The van der Waals surface area contributed by atoms with Crippen molar-refractivity contribution >= 4 is 0 Å². The minimum atomic E-state index is 0.252. The number of aryl methyl sites for hydroxylation is 1. The highest BCUT2D eigenvalue weighted by molar-refractivity contribution is 5.41. The number of ether oxygens (including phenoxy) is 1. The Balaban J connectivity index is 3.03. The molecule has 1 heterocycles. The molecule has 0 aromatic carbocycles. The first-order valence-corrected chi connectivity index (χ1v) is 7.11. The highest BCUT2D eigenvalue weighted by Crippen LogP contribution is 2.31. The van der Waals surface area contributed by atoms with Crippen molar-refractivity contribution in [1.82, 2.24) is 10.3 Å². The van der Waals surface area contributed by atoms with Crippen molar-refractivity contribution in [3.63, 3.8) is 0 Å². The van der Waals surface area contributed by atoms with Crippen LogP contribution in [0.25, 0.3) is 0 Å². The second kappa shape index (κ2) is 6.90. The van der Waals surface area contributed by atoms with Crippen molar-refractivity contribution in [2.24, 2.45) is 5.41 Å². The Morgan fingerprint density at radius 1 is 1.37 bits per heavy atom. The van der Waals surface area contributed by atoms with Crippen molar-refractivity contribution in [3.8, 4) is 5.75 Å². The first-order chi connectivity index (χ1) is 8.97. The summed E-state index contributed by atoms with van der Waals surface area (Å²) < 4.78 is 5.50. The van der Waals surface area contributed by atoms with Crippen molar-refractivity contribution in [2.45, 2.75) is 47.0 Å². The first kappa shape index (κ1) is 16.0. The summed E-state index contributed by atoms with van der Waals surface area (Å²) in [5.41, 5.74) is 3.70. The Morgan fingerprint density at radius 3 is 2.58 bits per heavy atom. The summed E-state index contributed by atoms with van der Waals surface area (Å²) >= 11 is 0. The molecule has 3 nitrogen and oxygen atoms in total. The molecule has 1 atom stereocenters. The van der Waals surface area contributed by atoms with Gasteiger partial charge in [-0.05, 0) is 39.2 Å². The van der Waals surface area contributed by atoms with Gasteiger partial charge in [-0.15, -0.1) is 0 Å². The number of methoxy groups -OCH3 is 1. The van der Waals surface area contributed by atoms with Crippen LogP contribution < -0.4 is 10.1 Å². The smallest absolute Gasteiger partial charge is 0.128 e. The average Bonchev–Trinajstić information content (AvgIpc) is 2.34. The van der Waals surface area contributed by atoms with E-state index >= 15 is 0 Å². The number of rotatable bonds is 7. The maximum atomic E-state index is 5.50. The van der Waals surface area contributed by atoms with Crippen molar-refractivity contribution < 1.29 is 4.74 Å². The van der Waals surface area contributed by atoms with E-state index in [1.165, 1.54) is 18.4 Å². The largest absolute Gasteiger partial charge is 0.496 e. The summed E-state index contributed by atoms with van der Waals surface area (Å²) in [6.07, 6.45) is 5.31. The van der Waals surface area contributed by atoms with Crippen LogP contribution in [-0.4, -0.2) is 25.7 Å². The van der Waals surface area contributed by atoms with Crippen LogP contribution in [0.1, 0.15) is 43.5 Å². The van der Waals surface area contributed by atoms with E-state index in [9.17, 15) is 0 Å². The number of hydrogen-bond donors (Lipinski definition) is 1. The third kappa shape index (κ3) is 3.93. The quantitative estimate of drug-likeness (QED) is 0.820. The normalized spacial score (nSPS) is 14.2. The minimum Gasteiger partial charge on any atom is -0.496 e. The molecule has 1 aromatic rings. The number of hydrogen-bond acceptors (Lipinski definition) is 3. The van der Waals surface area contributed by atoms with Gasteiger partial charge in [0.25, 0.3) is 0 Å². The number of aromatic nitrogens is 1. The van der Waals surface area contributed by atoms with E-state index in [0.717, 1.165) is 30.0 Å². The van der Waals surface area contributed by atoms with Crippen LogP contribution in [0.2, 0.25) is 0 Å². The van der Waals surface area contributed by atoms with E-state index in [1.807, 2.05) is 20.2 Å². The summed E-state index contributed by atoms with van der Waals surface area (Å²) in [5.74, 6) is 0.980. The Labute approximate surface area is 117 Å². The van der Waals surface area contributed by atoms with Crippen LogP contribution in [-0.2, 0) is 6.42 Å². The molecule has 0 radical (unpaired) electrons. The molecule has 0 fully saturated rings. The number of pyridine rings is 1. The van der Waals surface area contributed by atoms with Crippen LogP contribution >= 0.6 is 0 Å². The van der Waals surface area contributed by atoms with Gasteiger partial charge in [-0.25, -0.2) is 0 Å². The lowest BCUT2D eigenvalue weighted by Crippen LogP contribution is -2.32. The predicted octanol–water partition coefficient (Wildman–Crippen LogP) is 3.28. The molecule has 1 aromatic heterocycles. The Kier molecular flexibility index (Phi) is 5.80. The summed E-state index contributed by atoms with van der Waals surface area (Å²) in [6, 6.07) is 0. The van der Waals surface area contributed by atoms with Crippen LogP contribution in [0.3, 0.4) is 0 Å². The van der Waals surface area contributed by atoms with E-state index < -0.39 is 0 Å². The molecule has 108 valence electrons. The summed E-state index contributed by atoms with van der Waals surface area (Å²) in [4.78, 5) is 4.63. The van der Waals surface area contributed by atoms with Gasteiger partial charge in [0.15, 0.2) is 0 Å². The third-order valence-electron chi connectivity index (χ3n) is 3.80. The van der Waals surface area contributed by atoms with Crippen molar-refractivity contribution in [3.05, 3.63) is 23.0 Å². The topological polar surface area (TPSA) is 34.2 Å². The fourth-order valence-electron chi connectivity index (χ4n) is 2.92. The molecule has 0 bridgehead atoms. The molecule has 0 aliphatic carbocycles. The fraction of sp³-hybridized carbons (Fsp3) is 0.688. The molecule has 0 amide bonds. The average molecular weight is 264 g/mol. The molecule has 19 heavy (non-hydrogen) atoms. The second-order valence-electron chi connectivity index (χ2n) is 5.81.